The molecule has 0 bridgehead atoms. The number of carboxylic acids is 1. The third kappa shape index (κ3) is 4.21. The lowest BCUT2D eigenvalue weighted by atomic mass is 10.2. The fourth-order valence-corrected chi connectivity index (χ4v) is 1.77. The number of urea groups is 1. The van der Waals surface area contributed by atoms with Crippen LogP contribution < -0.4 is 11.1 Å². The van der Waals surface area contributed by atoms with Crippen LogP contribution in [0.5, 0.6) is 0 Å². The number of hydrogen-bond donors (Lipinski definition) is 3. The lowest BCUT2D eigenvalue weighted by Crippen LogP contribution is -2.46. The molecule has 0 aromatic carbocycles. The average molecular weight is 259 g/mol. The number of hydrogen-bond acceptors (Lipinski definition) is 4. The van der Waals surface area contributed by atoms with Crippen LogP contribution >= 0.6 is 0 Å². The van der Waals surface area contributed by atoms with Gasteiger partial charge in [0.25, 0.3) is 0 Å². The summed E-state index contributed by atoms with van der Waals surface area (Å²) in [5, 5.41) is 11.4. The molecule has 0 aromatic heterocycles. The van der Waals surface area contributed by atoms with Crippen LogP contribution in [0.3, 0.4) is 0 Å². The normalized spacial score (nSPS) is 18.7. The van der Waals surface area contributed by atoms with Crippen LogP contribution in [0, 0.1) is 0 Å². The molecule has 0 aliphatic carbocycles. The molecule has 8 heteroatoms. The molecule has 1 unspecified atom stereocenters. The van der Waals surface area contributed by atoms with Crippen LogP contribution in [0.25, 0.3) is 0 Å². The van der Waals surface area contributed by atoms with Gasteiger partial charge in [0.2, 0.25) is 5.91 Å². The Labute approximate surface area is 104 Å². The van der Waals surface area contributed by atoms with Gasteiger partial charge in [0.1, 0.15) is 12.6 Å². The van der Waals surface area contributed by atoms with Crippen molar-refractivity contribution in [2.45, 2.75) is 18.9 Å². The van der Waals surface area contributed by atoms with Gasteiger partial charge in [-0.15, -0.1) is 0 Å². The van der Waals surface area contributed by atoms with E-state index in [9.17, 15) is 14.4 Å². The van der Waals surface area contributed by atoms with Crippen molar-refractivity contribution in [1.82, 2.24) is 10.2 Å². The molecular weight excluding hydrogens is 242 g/mol. The SMILES string of the molecule is NC(=O)COCCNC(=O)N1CCCC1C(=O)O. The van der Waals surface area contributed by atoms with Gasteiger partial charge in [0.15, 0.2) is 0 Å². The number of carbonyl (C=O) groups excluding carboxylic acids is 2. The predicted octanol–water partition coefficient (Wildman–Crippen LogP) is -1.25. The monoisotopic (exact) mass is 259 g/mol. The fourth-order valence-electron chi connectivity index (χ4n) is 1.77. The van der Waals surface area contributed by atoms with E-state index in [4.69, 9.17) is 15.6 Å². The Morgan fingerprint density at radius 2 is 2.17 bits per heavy atom. The summed E-state index contributed by atoms with van der Waals surface area (Å²) in [6.07, 6.45) is 1.16. The fraction of sp³-hybridized carbons (Fsp3) is 0.700. The summed E-state index contributed by atoms with van der Waals surface area (Å²) >= 11 is 0. The van der Waals surface area contributed by atoms with Gasteiger partial charge in [-0.1, -0.05) is 0 Å². The molecule has 1 fully saturated rings. The minimum atomic E-state index is -0.993. The molecule has 0 spiro atoms. The zero-order chi connectivity index (χ0) is 13.5. The number of ether oxygens (including phenoxy) is 1. The van der Waals surface area contributed by atoms with Crippen LogP contribution in [-0.4, -0.2) is 60.3 Å². The molecule has 0 saturated carbocycles. The van der Waals surface area contributed by atoms with Crippen molar-refractivity contribution in [3.8, 4) is 0 Å². The van der Waals surface area contributed by atoms with Crippen molar-refractivity contribution in [2.75, 3.05) is 26.3 Å². The van der Waals surface area contributed by atoms with Gasteiger partial charge in [0, 0.05) is 13.1 Å². The minimum absolute atomic E-state index is 0.153. The second-order valence-corrected chi connectivity index (χ2v) is 3.94. The first-order valence-electron chi connectivity index (χ1n) is 5.65. The zero-order valence-electron chi connectivity index (χ0n) is 9.92. The van der Waals surface area contributed by atoms with E-state index in [-0.39, 0.29) is 19.8 Å². The molecule has 1 aliphatic rings. The Balaban J connectivity index is 2.24. The summed E-state index contributed by atoms with van der Waals surface area (Å²) < 4.78 is 4.86. The third-order valence-electron chi connectivity index (χ3n) is 2.57. The van der Waals surface area contributed by atoms with E-state index in [2.05, 4.69) is 5.32 Å². The zero-order valence-corrected chi connectivity index (χ0v) is 9.92. The summed E-state index contributed by atoms with van der Waals surface area (Å²) in [5.74, 6) is -1.57. The molecule has 1 heterocycles. The van der Waals surface area contributed by atoms with Crippen molar-refractivity contribution < 1.29 is 24.2 Å². The van der Waals surface area contributed by atoms with E-state index >= 15 is 0 Å². The molecule has 1 saturated heterocycles. The van der Waals surface area contributed by atoms with Crippen LogP contribution in [-0.2, 0) is 14.3 Å². The first kappa shape index (κ1) is 14.2. The van der Waals surface area contributed by atoms with Crippen molar-refractivity contribution in [3.05, 3.63) is 0 Å². The van der Waals surface area contributed by atoms with E-state index < -0.39 is 23.9 Å². The maximum absolute atomic E-state index is 11.7. The second-order valence-electron chi connectivity index (χ2n) is 3.94. The molecular formula is C10H17N3O5. The summed E-state index contributed by atoms with van der Waals surface area (Å²) in [4.78, 5) is 34.2. The van der Waals surface area contributed by atoms with Gasteiger partial charge in [-0.2, -0.15) is 0 Å². The summed E-state index contributed by atoms with van der Waals surface area (Å²) in [6.45, 7) is 0.595. The van der Waals surface area contributed by atoms with Crippen molar-refractivity contribution in [2.24, 2.45) is 5.73 Å². The number of likely N-dealkylation sites (tertiary alicyclic amines) is 1. The lowest BCUT2D eigenvalue weighted by molar-refractivity contribution is -0.141. The highest BCUT2D eigenvalue weighted by molar-refractivity contribution is 5.83. The molecule has 3 amide bonds. The standard InChI is InChI=1S/C10H17N3O5/c11-8(14)6-18-5-3-12-10(17)13-4-1-2-7(13)9(15)16/h7H,1-6H2,(H2,11,14)(H,12,17)(H,15,16). The van der Waals surface area contributed by atoms with Crippen LogP contribution in [0.4, 0.5) is 4.79 Å². The number of nitrogens with zero attached hydrogens (tertiary/aromatic N) is 1. The Kier molecular flexibility index (Phi) is 5.37. The van der Waals surface area contributed by atoms with E-state index in [1.54, 1.807) is 0 Å². The predicted molar refractivity (Wildman–Crippen MR) is 60.8 cm³/mol. The first-order chi connectivity index (χ1) is 8.52. The molecule has 0 radical (unpaired) electrons. The number of primary amides is 1. The molecule has 4 N–H and O–H groups in total. The molecule has 18 heavy (non-hydrogen) atoms. The molecule has 8 nitrogen and oxygen atoms in total. The molecule has 1 aliphatic heterocycles. The number of rotatable bonds is 6. The minimum Gasteiger partial charge on any atom is -0.480 e. The van der Waals surface area contributed by atoms with Gasteiger partial charge < -0.3 is 25.8 Å². The topological polar surface area (TPSA) is 122 Å². The second kappa shape index (κ2) is 6.80. The Morgan fingerprint density at radius 1 is 1.44 bits per heavy atom. The quantitative estimate of drug-likeness (QED) is 0.514. The van der Waals surface area contributed by atoms with Crippen molar-refractivity contribution in [3.63, 3.8) is 0 Å². The van der Waals surface area contributed by atoms with E-state index in [0.717, 1.165) is 0 Å². The summed E-state index contributed by atoms with van der Waals surface area (Å²) in [7, 11) is 0. The lowest BCUT2D eigenvalue weighted by Gasteiger charge is -2.21. The van der Waals surface area contributed by atoms with Crippen molar-refractivity contribution in [1.29, 1.82) is 0 Å². The summed E-state index contributed by atoms with van der Waals surface area (Å²) in [6, 6.07) is -1.18. The van der Waals surface area contributed by atoms with Gasteiger partial charge in [-0.3, -0.25) is 4.79 Å². The Hall–Kier alpha value is -1.83. The molecule has 1 rings (SSSR count). The van der Waals surface area contributed by atoms with Crippen molar-refractivity contribution >= 4 is 17.9 Å². The van der Waals surface area contributed by atoms with Crippen LogP contribution in [0.15, 0.2) is 0 Å². The first-order valence-corrected chi connectivity index (χ1v) is 5.65. The number of nitrogens with two attached hydrogens (primary N) is 1. The average Bonchev–Trinajstić information content (AvgIpc) is 2.76. The maximum atomic E-state index is 11.7. The third-order valence-corrected chi connectivity index (χ3v) is 2.57. The van der Waals surface area contributed by atoms with E-state index in [1.165, 1.54) is 4.90 Å². The molecule has 0 aromatic rings. The molecule has 102 valence electrons. The number of aliphatic carboxylic acids is 1. The number of carboxylic acid groups (broad SMARTS) is 1. The largest absolute Gasteiger partial charge is 0.480 e. The van der Waals surface area contributed by atoms with Gasteiger partial charge in [0.05, 0.1) is 6.61 Å². The number of carbonyl (C=O) groups is 3. The maximum Gasteiger partial charge on any atom is 0.326 e. The smallest absolute Gasteiger partial charge is 0.326 e. The highest BCUT2D eigenvalue weighted by Crippen LogP contribution is 2.16. The number of amides is 3. The van der Waals surface area contributed by atoms with Gasteiger partial charge >= 0.3 is 12.0 Å². The highest BCUT2D eigenvalue weighted by atomic mass is 16.5. The Bertz CT molecular complexity index is 333. The molecule has 1 atom stereocenters. The van der Waals surface area contributed by atoms with E-state index in [0.29, 0.717) is 19.4 Å². The van der Waals surface area contributed by atoms with Gasteiger partial charge in [-0.25, -0.2) is 9.59 Å². The van der Waals surface area contributed by atoms with Crippen LogP contribution in [0.1, 0.15) is 12.8 Å². The number of nitrogens with one attached hydrogen (secondary N) is 1. The van der Waals surface area contributed by atoms with Crippen LogP contribution in [0.2, 0.25) is 0 Å². The highest BCUT2D eigenvalue weighted by Gasteiger charge is 2.33. The summed E-state index contributed by atoms with van der Waals surface area (Å²) in [5.41, 5.74) is 4.86. The Morgan fingerprint density at radius 3 is 2.78 bits per heavy atom. The van der Waals surface area contributed by atoms with E-state index in [1.807, 2.05) is 0 Å². The van der Waals surface area contributed by atoms with Gasteiger partial charge in [-0.05, 0) is 12.8 Å².